The normalized spacial score (nSPS) is 23.4. The van der Waals surface area contributed by atoms with Crippen LogP contribution >= 0.6 is 0 Å². The first kappa shape index (κ1) is 27.2. The lowest BCUT2D eigenvalue weighted by Crippen LogP contribution is -2.40. The Balaban J connectivity index is 1.46. The Morgan fingerprint density at radius 1 is 1.18 bits per heavy atom. The van der Waals surface area contributed by atoms with E-state index in [1.165, 1.54) is 11.2 Å². The summed E-state index contributed by atoms with van der Waals surface area (Å²) < 4.78 is 55.8. The van der Waals surface area contributed by atoms with Crippen molar-refractivity contribution >= 4 is 17.1 Å². The van der Waals surface area contributed by atoms with Crippen LogP contribution in [-0.4, -0.2) is 66.2 Å². The molecule has 39 heavy (non-hydrogen) atoms. The van der Waals surface area contributed by atoms with E-state index in [-0.39, 0.29) is 42.8 Å². The Labute approximate surface area is 223 Å². The molecule has 1 saturated carbocycles. The molecule has 2 N–H and O–H groups in total. The SMILES string of the molecule is Cc1ncnc2c1ccn2[C@@H]1C[C@H](Oc2cc(C(F)F)c(F)c3c2CN(C(=O)OC(C)(C)C)CC3)[C@@H](O)[C@H]1O. The highest BCUT2D eigenvalue weighted by Crippen LogP contribution is 2.41. The molecule has 0 unspecified atom stereocenters. The highest BCUT2D eigenvalue weighted by atomic mass is 19.3. The molecule has 0 radical (unpaired) electrons. The molecule has 2 aliphatic rings. The maximum atomic E-state index is 15.1. The van der Waals surface area contributed by atoms with Gasteiger partial charge < -0.3 is 29.2 Å². The van der Waals surface area contributed by atoms with Crippen LogP contribution in [0, 0.1) is 12.7 Å². The third kappa shape index (κ3) is 5.03. The van der Waals surface area contributed by atoms with Crippen LogP contribution < -0.4 is 4.74 Å². The molecule has 12 heteroatoms. The van der Waals surface area contributed by atoms with E-state index < -0.39 is 53.9 Å². The van der Waals surface area contributed by atoms with Gasteiger partial charge in [0, 0.05) is 30.1 Å². The van der Waals surface area contributed by atoms with E-state index in [2.05, 4.69) is 9.97 Å². The zero-order valence-electron chi connectivity index (χ0n) is 22.1. The van der Waals surface area contributed by atoms with Gasteiger partial charge >= 0.3 is 6.09 Å². The average molecular weight is 549 g/mol. The minimum absolute atomic E-state index is 0.00971. The summed E-state index contributed by atoms with van der Waals surface area (Å²) in [5, 5.41) is 22.6. The Hall–Kier alpha value is -3.38. The van der Waals surface area contributed by atoms with Crippen molar-refractivity contribution in [3.8, 4) is 5.75 Å². The minimum atomic E-state index is -3.09. The zero-order valence-corrected chi connectivity index (χ0v) is 22.1. The summed E-state index contributed by atoms with van der Waals surface area (Å²) in [6.45, 7) is 6.95. The van der Waals surface area contributed by atoms with Gasteiger partial charge in [-0.05, 0) is 51.8 Å². The number of aromatic nitrogens is 3. The maximum absolute atomic E-state index is 15.1. The molecular weight excluding hydrogens is 517 g/mol. The molecule has 3 aromatic rings. The quantitative estimate of drug-likeness (QED) is 0.502. The fourth-order valence-electron chi connectivity index (χ4n) is 5.33. The van der Waals surface area contributed by atoms with Gasteiger partial charge in [-0.3, -0.25) is 0 Å². The molecule has 2 aromatic heterocycles. The smallest absolute Gasteiger partial charge is 0.410 e. The van der Waals surface area contributed by atoms with Crippen LogP contribution in [0.3, 0.4) is 0 Å². The summed E-state index contributed by atoms with van der Waals surface area (Å²) >= 11 is 0. The van der Waals surface area contributed by atoms with Crippen molar-refractivity contribution in [1.82, 2.24) is 19.4 Å². The summed E-state index contributed by atoms with van der Waals surface area (Å²) in [6.07, 6.45) is -4.06. The Bertz CT molecular complexity index is 1410. The van der Waals surface area contributed by atoms with Gasteiger partial charge in [0.2, 0.25) is 0 Å². The van der Waals surface area contributed by atoms with E-state index in [1.807, 2.05) is 13.0 Å². The number of aliphatic hydroxyl groups is 2. The topological polar surface area (TPSA) is 110 Å². The number of hydrogen-bond donors (Lipinski definition) is 2. The van der Waals surface area contributed by atoms with Gasteiger partial charge in [0.25, 0.3) is 6.43 Å². The molecule has 0 saturated heterocycles. The van der Waals surface area contributed by atoms with Gasteiger partial charge in [0.15, 0.2) is 0 Å². The number of carbonyl (C=O) groups excluding carboxylic acids is 1. The molecule has 1 fully saturated rings. The van der Waals surface area contributed by atoms with Crippen molar-refractivity contribution in [3.63, 3.8) is 0 Å². The van der Waals surface area contributed by atoms with Crippen molar-refractivity contribution < 1.29 is 37.7 Å². The number of amides is 1. The number of benzene rings is 1. The summed E-state index contributed by atoms with van der Waals surface area (Å²) in [6, 6.07) is 2.11. The number of aryl methyl sites for hydroxylation is 1. The second-order valence-corrected chi connectivity index (χ2v) is 11.0. The van der Waals surface area contributed by atoms with Gasteiger partial charge in [0.05, 0.1) is 23.8 Å². The van der Waals surface area contributed by atoms with Crippen molar-refractivity contribution in [1.29, 1.82) is 0 Å². The van der Waals surface area contributed by atoms with Crippen LogP contribution in [0.15, 0.2) is 24.7 Å². The largest absolute Gasteiger partial charge is 0.487 e. The van der Waals surface area contributed by atoms with E-state index in [1.54, 1.807) is 31.5 Å². The number of nitrogens with zero attached hydrogens (tertiary/aromatic N) is 4. The van der Waals surface area contributed by atoms with Gasteiger partial charge in [-0.1, -0.05) is 0 Å². The number of ether oxygens (including phenoxy) is 2. The molecule has 210 valence electrons. The predicted octanol–water partition coefficient (Wildman–Crippen LogP) is 4.22. The summed E-state index contributed by atoms with van der Waals surface area (Å²) in [5.41, 5.74) is 0.0256. The summed E-state index contributed by atoms with van der Waals surface area (Å²) in [4.78, 5) is 22.5. The third-order valence-electron chi connectivity index (χ3n) is 7.28. The van der Waals surface area contributed by atoms with Gasteiger partial charge in [-0.15, -0.1) is 0 Å². The van der Waals surface area contributed by atoms with Crippen LogP contribution in [0.4, 0.5) is 18.0 Å². The van der Waals surface area contributed by atoms with Gasteiger partial charge in [-0.2, -0.15) is 0 Å². The maximum Gasteiger partial charge on any atom is 0.410 e. The van der Waals surface area contributed by atoms with Crippen molar-refractivity contribution in [3.05, 3.63) is 52.9 Å². The van der Waals surface area contributed by atoms with Crippen LogP contribution in [-0.2, 0) is 17.7 Å². The number of hydrogen-bond acceptors (Lipinski definition) is 7. The molecule has 4 atom stereocenters. The number of rotatable bonds is 4. The number of halogens is 3. The molecule has 5 rings (SSSR count). The molecule has 1 amide bonds. The first-order valence-electron chi connectivity index (χ1n) is 12.8. The lowest BCUT2D eigenvalue weighted by atomic mass is 9.95. The zero-order chi connectivity index (χ0) is 28.2. The molecule has 1 aliphatic heterocycles. The number of aliphatic hydroxyl groups excluding tert-OH is 2. The van der Waals surface area contributed by atoms with E-state index in [0.29, 0.717) is 5.65 Å². The Kier molecular flexibility index (Phi) is 6.96. The highest BCUT2D eigenvalue weighted by Gasteiger charge is 2.45. The Morgan fingerprint density at radius 3 is 2.62 bits per heavy atom. The molecule has 3 heterocycles. The second-order valence-electron chi connectivity index (χ2n) is 11.0. The van der Waals surface area contributed by atoms with Crippen LogP contribution in [0.2, 0.25) is 0 Å². The number of fused-ring (bicyclic) bond motifs is 2. The standard InChI is InChI=1S/C27H31F3N4O5/c1-13-14-6-8-34(25(14)32-12-31-13)18-10-20(23(36)22(18)35)38-19-9-16(24(29)30)21(28)15-5-7-33(11-17(15)19)26(37)39-27(2,3)4/h6,8-9,12,18,20,22-24,35-36H,5,7,10-11H2,1-4H3/t18-,20+,22+,23-/m1/s1. The summed E-state index contributed by atoms with van der Waals surface area (Å²) in [5.74, 6) is -1.10. The van der Waals surface area contributed by atoms with Gasteiger partial charge in [0.1, 0.15) is 47.5 Å². The van der Waals surface area contributed by atoms with E-state index >= 15 is 4.39 Å². The van der Waals surface area contributed by atoms with Crippen molar-refractivity contribution in [2.45, 2.75) is 83.5 Å². The Morgan fingerprint density at radius 2 is 1.92 bits per heavy atom. The highest BCUT2D eigenvalue weighted by molar-refractivity contribution is 5.78. The van der Waals surface area contributed by atoms with E-state index in [4.69, 9.17) is 9.47 Å². The monoisotopic (exact) mass is 548 g/mol. The third-order valence-corrected chi connectivity index (χ3v) is 7.28. The molecule has 9 nitrogen and oxygen atoms in total. The number of alkyl halides is 2. The van der Waals surface area contributed by atoms with Gasteiger partial charge in [-0.25, -0.2) is 27.9 Å². The fraction of sp³-hybridized carbons (Fsp3) is 0.519. The first-order chi connectivity index (χ1) is 18.4. The summed E-state index contributed by atoms with van der Waals surface area (Å²) in [7, 11) is 0. The fourth-order valence-corrected chi connectivity index (χ4v) is 5.33. The van der Waals surface area contributed by atoms with E-state index in [9.17, 15) is 23.8 Å². The average Bonchev–Trinajstić information content (AvgIpc) is 3.41. The van der Waals surface area contributed by atoms with Crippen LogP contribution in [0.25, 0.3) is 11.0 Å². The molecule has 1 aliphatic carbocycles. The molecule has 1 aromatic carbocycles. The van der Waals surface area contributed by atoms with Crippen LogP contribution in [0.5, 0.6) is 5.75 Å². The van der Waals surface area contributed by atoms with Crippen molar-refractivity contribution in [2.24, 2.45) is 0 Å². The van der Waals surface area contributed by atoms with Crippen LogP contribution in [0.1, 0.15) is 62.0 Å². The second kappa shape index (κ2) is 9.98. The minimum Gasteiger partial charge on any atom is -0.487 e. The molecule has 0 bridgehead atoms. The number of carbonyl (C=O) groups is 1. The lowest BCUT2D eigenvalue weighted by Gasteiger charge is -2.33. The molecule has 0 spiro atoms. The van der Waals surface area contributed by atoms with E-state index in [0.717, 1.165) is 17.1 Å². The lowest BCUT2D eigenvalue weighted by molar-refractivity contribution is -0.0170. The first-order valence-corrected chi connectivity index (χ1v) is 12.8. The predicted molar refractivity (Wildman–Crippen MR) is 134 cm³/mol. The molecular formula is C27H31F3N4O5. The van der Waals surface area contributed by atoms with Crippen molar-refractivity contribution in [2.75, 3.05) is 6.54 Å².